The van der Waals surface area contributed by atoms with E-state index in [1.807, 2.05) is 11.5 Å². The van der Waals surface area contributed by atoms with Gasteiger partial charge < -0.3 is 24.9 Å². The average molecular weight is 475 g/mol. The predicted molar refractivity (Wildman–Crippen MR) is 110 cm³/mol. The lowest BCUT2D eigenvalue weighted by Gasteiger charge is -2.12. The first-order valence-corrected chi connectivity index (χ1v) is 8.45. The van der Waals surface area contributed by atoms with Crippen molar-refractivity contribution in [3.63, 3.8) is 0 Å². The van der Waals surface area contributed by atoms with Gasteiger partial charge in [0, 0.05) is 32.6 Å². The summed E-state index contributed by atoms with van der Waals surface area (Å²) in [5.74, 6) is 1.73. The Hall–Kier alpha value is -2.11. The molecule has 0 fully saturated rings. The number of hydrogen-bond donors (Lipinski definition) is 3. The summed E-state index contributed by atoms with van der Waals surface area (Å²) >= 11 is 0. The third-order valence-corrected chi connectivity index (χ3v) is 3.41. The molecular weight excluding hydrogens is 449 g/mol. The molecule has 3 N–H and O–H groups in total. The van der Waals surface area contributed by atoms with Crippen LogP contribution in [0.15, 0.2) is 34.1 Å². The molecule has 2 aromatic rings. The molecule has 2 rings (SSSR count). The van der Waals surface area contributed by atoms with Gasteiger partial charge in [-0.25, -0.2) is 0 Å². The molecule has 2 heterocycles. The summed E-state index contributed by atoms with van der Waals surface area (Å²) in [4.78, 5) is 16.2. The Morgan fingerprint density at radius 3 is 2.81 bits per heavy atom. The fraction of sp³-hybridized carbons (Fsp3) is 0.500. The predicted octanol–water partition coefficient (Wildman–Crippen LogP) is 1.04. The average Bonchev–Trinajstić information content (AvgIpc) is 3.29. The number of aromatic nitrogens is 3. The van der Waals surface area contributed by atoms with Gasteiger partial charge in [-0.2, -0.15) is 0 Å². The Kier molecular flexibility index (Phi) is 10.4. The van der Waals surface area contributed by atoms with E-state index in [0.717, 1.165) is 25.3 Å². The van der Waals surface area contributed by atoms with Gasteiger partial charge in [-0.15, -0.1) is 34.2 Å². The van der Waals surface area contributed by atoms with Crippen LogP contribution in [0.1, 0.15) is 30.2 Å². The van der Waals surface area contributed by atoms with Crippen molar-refractivity contribution in [1.29, 1.82) is 0 Å². The number of nitrogens with zero attached hydrogens (tertiary/aromatic N) is 4. The second-order valence-corrected chi connectivity index (χ2v) is 5.21. The molecule has 9 nitrogen and oxygen atoms in total. The van der Waals surface area contributed by atoms with E-state index in [0.29, 0.717) is 31.4 Å². The highest BCUT2D eigenvalue weighted by Crippen LogP contribution is 1.98. The van der Waals surface area contributed by atoms with E-state index in [1.54, 1.807) is 18.5 Å². The Balaban J connectivity index is 0.00000338. The third kappa shape index (κ3) is 7.02. The Morgan fingerprint density at radius 1 is 1.27 bits per heavy atom. The van der Waals surface area contributed by atoms with Gasteiger partial charge in [-0.05, 0) is 19.1 Å². The minimum atomic E-state index is -0.238. The van der Waals surface area contributed by atoms with Gasteiger partial charge in [0.15, 0.2) is 11.7 Å². The highest BCUT2D eigenvalue weighted by atomic mass is 127. The number of rotatable bonds is 9. The van der Waals surface area contributed by atoms with Crippen LogP contribution in [-0.2, 0) is 13.0 Å². The molecule has 0 saturated carbocycles. The van der Waals surface area contributed by atoms with E-state index in [4.69, 9.17) is 4.42 Å². The number of halogens is 1. The molecule has 10 heteroatoms. The third-order valence-electron chi connectivity index (χ3n) is 3.41. The van der Waals surface area contributed by atoms with Gasteiger partial charge >= 0.3 is 0 Å². The molecule has 0 aliphatic heterocycles. The first-order chi connectivity index (χ1) is 12.2. The van der Waals surface area contributed by atoms with Crippen molar-refractivity contribution in [2.45, 2.75) is 26.8 Å². The largest absolute Gasteiger partial charge is 0.459 e. The topological polar surface area (TPSA) is 109 Å². The summed E-state index contributed by atoms with van der Waals surface area (Å²) < 4.78 is 7.05. The molecule has 0 aliphatic carbocycles. The summed E-state index contributed by atoms with van der Waals surface area (Å²) in [5, 5.41) is 17.2. The van der Waals surface area contributed by atoms with Crippen LogP contribution >= 0.6 is 24.0 Å². The fourth-order valence-corrected chi connectivity index (χ4v) is 2.21. The van der Waals surface area contributed by atoms with E-state index in [1.165, 1.54) is 6.26 Å². The van der Waals surface area contributed by atoms with Crippen LogP contribution < -0.4 is 16.0 Å². The maximum absolute atomic E-state index is 11.7. The lowest BCUT2D eigenvalue weighted by molar-refractivity contribution is 0.0927. The number of hydrogen-bond acceptors (Lipinski definition) is 5. The molecule has 1 amide bonds. The molecule has 144 valence electrons. The number of aliphatic imine (C=N–C) groups is 1. The van der Waals surface area contributed by atoms with Crippen molar-refractivity contribution in [3.8, 4) is 0 Å². The van der Waals surface area contributed by atoms with Gasteiger partial charge in [-0.3, -0.25) is 9.79 Å². The zero-order valence-corrected chi connectivity index (χ0v) is 17.4. The zero-order chi connectivity index (χ0) is 17.9. The lowest BCUT2D eigenvalue weighted by atomic mass is 10.4. The van der Waals surface area contributed by atoms with Gasteiger partial charge in [-0.1, -0.05) is 6.92 Å². The van der Waals surface area contributed by atoms with E-state index in [-0.39, 0.29) is 29.9 Å². The minimum absolute atomic E-state index is 0. The van der Waals surface area contributed by atoms with Gasteiger partial charge in [0.25, 0.3) is 5.91 Å². The van der Waals surface area contributed by atoms with Crippen LogP contribution in [0.2, 0.25) is 0 Å². The van der Waals surface area contributed by atoms with Crippen molar-refractivity contribution in [3.05, 3.63) is 36.3 Å². The molecular formula is C16H26IN7O2. The number of furan rings is 1. The monoisotopic (exact) mass is 475 g/mol. The Bertz CT molecular complexity index is 670. The molecule has 0 aromatic carbocycles. The first kappa shape index (κ1) is 21.9. The van der Waals surface area contributed by atoms with E-state index >= 15 is 0 Å². The second kappa shape index (κ2) is 12.3. The van der Waals surface area contributed by atoms with E-state index in [9.17, 15) is 4.79 Å². The van der Waals surface area contributed by atoms with Crippen LogP contribution in [-0.4, -0.2) is 52.8 Å². The summed E-state index contributed by atoms with van der Waals surface area (Å²) in [5.41, 5.74) is 0. The molecule has 0 aliphatic rings. The molecule has 0 radical (unpaired) electrons. The van der Waals surface area contributed by atoms with Crippen LogP contribution in [0.5, 0.6) is 0 Å². The Labute approximate surface area is 170 Å². The van der Waals surface area contributed by atoms with Crippen molar-refractivity contribution in [2.24, 2.45) is 4.99 Å². The second-order valence-electron chi connectivity index (χ2n) is 5.21. The number of amides is 1. The lowest BCUT2D eigenvalue weighted by Crippen LogP contribution is -2.39. The highest BCUT2D eigenvalue weighted by molar-refractivity contribution is 14.0. The first-order valence-electron chi connectivity index (χ1n) is 8.45. The van der Waals surface area contributed by atoms with Crippen molar-refractivity contribution in [1.82, 2.24) is 30.7 Å². The maximum atomic E-state index is 11.7. The van der Waals surface area contributed by atoms with Crippen LogP contribution in [0.3, 0.4) is 0 Å². The molecule has 0 saturated heterocycles. The van der Waals surface area contributed by atoms with Gasteiger partial charge in [0.1, 0.15) is 12.2 Å². The SMILES string of the molecule is CCNC(=NCCNC(=O)c1ccco1)NCCn1cnnc1CC.I. The molecule has 26 heavy (non-hydrogen) atoms. The summed E-state index contributed by atoms with van der Waals surface area (Å²) in [6, 6.07) is 3.31. The van der Waals surface area contributed by atoms with E-state index < -0.39 is 0 Å². The number of carbonyl (C=O) groups excluding carboxylic acids is 1. The Morgan fingerprint density at radius 2 is 2.12 bits per heavy atom. The number of carbonyl (C=O) groups is 1. The molecule has 2 aromatic heterocycles. The van der Waals surface area contributed by atoms with Crippen molar-refractivity contribution in [2.75, 3.05) is 26.2 Å². The number of guanidine groups is 1. The van der Waals surface area contributed by atoms with Crippen LogP contribution in [0, 0.1) is 0 Å². The van der Waals surface area contributed by atoms with Gasteiger partial charge in [0.05, 0.1) is 12.8 Å². The fourth-order valence-electron chi connectivity index (χ4n) is 2.21. The molecule has 0 unspecified atom stereocenters. The normalized spacial score (nSPS) is 10.9. The van der Waals surface area contributed by atoms with E-state index in [2.05, 4.69) is 38.1 Å². The highest BCUT2D eigenvalue weighted by Gasteiger charge is 2.06. The molecule has 0 atom stereocenters. The number of nitrogens with one attached hydrogen (secondary N) is 3. The van der Waals surface area contributed by atoms with Crippen LogP contribution in [0.4, 0.5) is 0 Å². The molecule has 0 spiro atoms. The van der Waals surface area contributed by atoms with Crippen LogP contribution in [0.25, 0.3) is 0 Å². The quantitative estimate of drug-likeness (QED) is 0.217. The van der Waals surface area contributed by atoms with Gasteiger partial charge in [0.2, 0.25) is 0 Å². The zero-order valence-electron chi connectivity index (χ0n) is 15.1. The minimum Gasteiger partial charge on any atom is -0.459 e. The summed E-state index contributed by atoms with van der Waals surface area (Å²) in [6.07, 6.45) is 4.05. The van der Waals surface area contributed by atoms with Crippen molar-refractivity contribution >= 4 is 35.8 Å². The standard InChI is InChI=1S/C16H25N7O2.HI/c1-3-14-22-21-12-23(14)10-9-20-16(17-4-2)19-8-7-18-15(24)13-6-5-11-25-13;/h5-6,11-12H,3-4,7-10H2,1-2H3,(H,18,24)(H2,17,19,20);1H. The summed E-state index contributed by atoms with van der Waals surface area (Å²) in [7, 11) is 0. The number of aryl methyl sites for hydroxylation is 1. The maximum Gasteiger partial charge on any atom is 0.287 e. The molecule has 0 bridgehead atoms. The smallest absolute Gasteiger partial charge is 0.287 e. The summed E-state index contributed by atoms with van der Waals surface area (Å²) in [6.45, 7) is 7.18. The van der Waals surface area contributed by atoms with Crippen molar-refractivity contribution < 1.29 is 9.21 Å².